The number of carboxylic acids is 1. The van der Waals surface area contributed by atoms with Gasteiger partial charge in [-0.05, 0) is 42.8 Å². The Morgan fingerprint density at radius 3 is 3.00 bits per heavy atom. The smallest absolute Gasteiger partial charge is 0.354 e. The molecule has 10 heteroatoms. The number of carbonyl (C=O) groups is 2. The van der Waals surface area contributed by atoms with Crippen molar-refractivity contribution < 1.29 is 19.1 Å². The number of aromatic nitrogens is 4. The van der Waals surface area contributed by atoms with Crippen LogP contribution in [0, 0.1) is 0 Å². The number of fused-ring (bicyclic) bond motifs is 2. The molecule has 0 fully saturated rings. The summed E-state index contributed by atoms with van der Waals surface area (Å²) in [4.78, 5) is 39.2. The number of nitrogens with zero attached hydrogens (tertiary/aromatic N) is 2. The maximum atomic E-state index is 12.9. The molecule has 4 N–H and O–H groups in total. The highest BCUT2D eigenvalue weighted by Crippen LogP contribution is 2.47. The average molecular weight is 447 g/mol. The van der Waals surface area contributed by atoms with Crippen LogP contribution >= 0.6 is 11.8 Å². The standard InChI is InChI=1S/C22H17N5O4S/c28-14-3-1-2-12-18(14)17(10-8-24-20(21(29)30)19(10)25-12)15-4-5-16(31-15)32-22-26-11-6-7-23-9-13(11)27-22/h4-9,17,24-25H,1-3H2,(H,26,27)(H,29,30). The Kier molecular flexibility index (Phi) is 4.22. The summed E-state index contributed by atoms with van der Waals surface area (Å²) in [5.74, 6) is -0.874. The van der Waals surface area contributed by atoms with E-state index in [9.17, 15) is 14.7 Å². The Hall–Kier alpha value is -3.79. The van der Waals surface area contributed by atoms with Gasteiger partial charge in [0.25, 0.3) is 0 Å². The molecule has 32 heavy (non-hydrogen) atoms. The van der Waals surface area contributed by atoms with Crippen LogP contribution in [0.5, 0.6) is 0 Å². The Morgan fingerprint density at radius 1 is 1.25 bits per heavy atom. The average Bonchev–Trinajstić information content (AvgIpc) is 3.50. The quantitative estimate of drug-likeness (QED) is 0.364. The van der Waals surface area contributed by atoms with E-state index >= 15 is 0 Å². The van der Waals surface area contributed by atoms with Gasteiger partial charge in [0.05, 0.1) is 28.8 Å². The van der Waals surface area contributed by atoms with Crippen molar-refractivity contribution in [3.05, 3.63) is 65.1 Å². The number of aromatic amines is 2. The van der Waals surface area contributed by atoms with Crippen molar-refractivity contribution in [1.29, 1.82) is 0 Å². The number of carboxylic acid groups (broad SMARTS) is 1. The third-order valence-corrected chi connectivity index (χ3v) is 6.61. The van der Waals surface area contributed by atoms with Crippen LogP contribution in [0.2, 0.25) is 0 Å². The molecule has 4 aromatic rings. The third-order valence-electron chi connectivity index (χ3n) is 5.80. The zero-order valence-electron chi connectivity index (χ0n) is 16.6. The van der Waals surface area contributed by atoms with E-state index < -0.39 is 11.9 Å². The highest BCUT2D eigenvalue weighted by atomic mass is 32.2. The first-order valence-corrected chi connectivity index (χ1v) is 11.0. The van der Waals surface area contributed by atoms with Gasteiger partial charge in [-0.25, -0.2) is 9.78 Å². The number of Topliss-reactive ketones (excluding diaryl/α,β-unsaturated/α-hetero) is 1. The molecule has 4 aromatic heterocycles. The number of allylic oxidation sites excluding steroid dienone is 2. The predicted molar refractivity (Wildman–Crippen MR) is 116 cm³/mol. The van der Waals surface area contributed by atoms with Gasteiger partial charge < -0.3 is 24.8 Å². The van der Waals surface area contributed by atoms with Crippen molar-refractivity contribution in [2.75, 3.05) is 5.32 Å². The summed E-state index contributed by atoms with van der Waals surface area (Å²) >= 11 is 1.34. The first-order chi connectivity index (χ1) is 15.6. The van der Waals surface area contributed by atoms with E-state index in [4.69, 9.17) is 4.42 Å². The molecule has 1 atom stereocenters. The number of furan rings is 1. The molecule has 0 amide bonds. The molecule has 0 bridgehead atoms. The van der Waals surface area contributed by atoms with Crippen LogP contribution in [0.25, 0.3) is 11.0 Å². The van der Waals surface area contributed by atoms with E-state index in [2.05, 4.69) is 25.3 Å². The number of H-pyrrole nitrogens is 2. The second-order valence-corrected chi connectivity index (χ2v) is 8.71. The summed E-state index contributed by atoms with van der Waals surface area (Å²) < 4.78 is 6.16. The lowest BCUT2D eigenvalue weighted by Gasteiger charge is -2.31. The second kappa shape index (κ2) is 7.13. The highest BCUT2D eigenvalue weighted by molar-refractivity contribution is 7.99. The number of nitrogens with one attached hydrogen (secondary N) is 3. The largest absolute Gasteiger partial charge is 0.477 e. The van der Waals surface area contributed by atoms with Crippen molar-refractivity contribution >= 4 is 40.2 Å². The molecule has 2 aliphatic rings. The first-order valence-electron chi connectivity index (χ1n) is 10.1. The molecule has 0 saturated carbocycles. The summed E-state index contributed by atoms with van der Waals surface area (Å²) in [5, 5.41) is 14.1. The Morgan fingerprint density at radius 2 is 2.16 bits per heavy atom. The van der Waals surface area contributed by atoms with Gasteiger partial charge >= 0.3 is 5.97 Å². The Bertz CT molecular complexity index is 1400. The van der Waals surface area contributed by atoms with E-state index in [0.29, 0.717) is 45.7 Å². The highest BCUT2D eigenvalue weighted by Gasteiger charge is 2.39. The van der Waals surface area contributed by atoms with E-state index in [-0.39, 0.29) is 11.5 Å². The van der Waals surface area contributed by atoms with E-state index in [1.165, 1.54) is 11.8 Å². The van der Waals surface area contributed by atoms with Crippen LogP contribution in [0.1, 0.15) is 47.0 Å². The monoisotopic (exact) mass is 447 g/mol. The lowest BCUT2D eigenvalue weighted by Crippen LogP contribution is -2.26. The molecule has 1 aliphatic carbocycles. The molecular formula is C22H17N5O4S. The fourth-order valence-corrected chi connectivity index (χ4v) is 5.19. The minimum absolute atomic E-state index is 0.0582. The lowest BCUT2D eigenvalue weighted by atomic mass is 9.78. The van der Waals surface area contributed by atoms with E-state index in [1.807, 2.05) is 18.2 Å². The zero-order chi connectivity index (χ0) is 21.8. The number of rotatable bonds is 4. The summed E-state index contributed by atoms with van der Waals surface area (Å²) in [6.07, 6.45) is 6.94. The molecule has 9 nitrogen and oxygen atoms in total. The van der Waals surface area contributed by atoms with Crippen molar-refractivity contribution in [3.8, 4) is 0 Å². The van der Waals surface area contributed by atoms with Gasteiger partial charge in [-0.3, -0.25) is 9.78 Å². The molecule has 6 rings (SSSR count). The van der Waals surface area contributed by atoms with Crippen LogP contribution < -0.4 is 5.32 Å². The number of carbonyl (C=O) groups excluding carboxylic acids is 1. The first kappa shape index (κ1) is 18.9. The number of ketones is 1. The van der Waals surface area contributed by atoms with E-state index in [1.54, 1.807) is 18.6 Å². The summed E-state index contributed by atoms with van der Waals surface area (Å²) in [6, 6.07) is 5.51. The van der Waals surface area contributed by atoms with Crippen molar-refractivity contribution in [2.24, 2.45) is 0 Å². The minimum atomic E-state index is -1.06. The minimum Gasteiger partial charge on any atom is -0.477 e. The van der Waals surface area contributed by atoms with Crippen LogP contribution in [-0.4, -0.2) is 36.8 Å². The molecule has 0 saturated heterocycles. The lowest BCUT2D eigenvalue weighted by molar-refractivity contribution is -0.116. The summed E-state index contributed by atoms with van der Waals surface area (Å²) in [7, 11) is 0. The fourth-order valence-electron chi connectivity index (χ4n) is 4.42. The van der Waals surface area contributed by atoms with Gasteiger partial charge in [0.2, 0.25) is 0 Å². The molecule has 0 spiro atoms. The SMILES string of the molecule is O=C1CCCC2=C1C(c1ccc(Sc3nc4ccncc4[nH]3)o1)c1c[nH]c(C(=O)O)c1N2. The van der Waals surface area contributed by atoms with E-state index in [0.717, 1.165) is 23.2 Å². The van der Waals surface area contributed by atoms with Crippen LogP contribution in [0.3, 0.4) is 0 Å². The van der Waals surface area contributed by atoms with Crippen LogP contribution in [-0.2, 0) is 4.79 Å². The molecule has 5 heterocycles. The number of anilines is 1. The van der Waals surface area contributed by atoms with Gasteiger partial charge in [0, 0.05) is 35.6 Å². The predicted octanol–water partition coefficient (Wildman–Crippen LogP) is 4.29. The third kappa shape index (κ3) is 2.94. The van der Waals surface area contributed by atoms with Crippen LogP contribution in [0.4, 0.5) is 5.69 Å². The maximum Gasteiger partial charge on any atom is 0.354 e. The normalized spacial score (nSPS) is 17.9. The Balaban J connectivity index is 1.40. The van der Waals surface area contributed by atoms with Gasteiger partial charge in [-0.2, -0.15) is 0 Å². The zero-order valence-corrected chi connectivity index (χ0v) is 17.5. The van der Waals surface area contributed by atoms with Crippen LogP contribution in [0.15, 0.2) is 62.7 Å². The number of hydrogen-bond acceptors (Lipinski definition) is 7. The van der Waals surface area contributed by atoms with Crippen molar-refractivity contribution in [1.82, 2.24) is 19.9 Å². The fraction of sp³-hybridized carbons (Fsp3) is 0.182. The number of pyridine rings is 1. The summed E-state index contributed by atoms with van der Waals surface area (Å²) in [6.45, 7) is 0. The number of aromatic carboxylic acids is 1. The van der Waals surface area contributed by atoms with Crippen molar-refractivity contribution in [3.63, 3.8) is 0 Å². The molecule has 0 radical (unpaired) electrons. The summed E-state index contributed by atoms with van der Waals surface area (Å²) in [5.41, 5.74) is 4.33. The van der Waals surface area contributed by atoms with Gasteiger partial charge in [-0.1, -0.05) is 0 Å². The molecule has 1 unspecified atom stereocenters. The topological polar surface area (TPSA) is 137 Å². The second-order valence-electron chi connectivity index (χ2n) is 7.72. The van der Waals surface area contributed by atoms with Crippen molar-refractivity contribution in [2.45, 2.75) is 35.4 Å². The maximum absolute atomic E-state index is 12.9. The molecule has 1 aliphatic heterocycles. The molecule has 0 aromatic carbocycles. The van der Waals surface area contributed by atoms with Gasteiger partial charge in [0.15, 0.2) is 16.0 Å². The number of hydrogen-bond donors (Lipinski definition) is 4. The van der Waals surface area contributed by atoms with Gasteiger partial charge in [0.1, 0.15) is 11.5 Å². The molecule has 160 valence electrons. The number of imidazole rings is 1. The molecular weight excluding hydrogens is 430 g/mol. The van der Waals surface area contributed by atoms with Gasteiger partial charge in [-0.15, -0.1) is 0 Å². The Labute approximate surface area is 185 Å².